The van der Waals surface area contributed by atoms with Gasteiger partial charge in [0.15, 0.2) is 5.13 Å². The van der Waals surface area contributed by atoms with Gasteiger partial charge in [0.25, 0.3) is 0 Å². The third kappa shape index (κ3) is 4.31. The van der Waals surface area contributed by atoms with E-state index in [1.165, 1.54) is 11.3 Å². The fraction of sp³-hybridized carbons (Fsp3) is 0.222. The van der Waals surface area contributed by atoms with Gasteiger partial charge in [-0.2, -0.15) is 0 Å². The van der Waals surface area contributed by atoms with Crippen LogP contribution in [0.3, 0.4) is 0 Å². The van der Waals surface area contributed by atoms with Crippen molar-refractivity contribution in [1.82, 2.24) is 4.98 Å². The number of aromatic nitrogens is 1. The molecule has 0 aliphatic rings. The van der Waals surface area contributed by atoms with Crippen LogP contribution in [-0.2, 0) is 16.1 Å². The molecule has 1 heterocycles. The maximum atomic E-state index is 12.0. The maximum Gasteiger partial charge on any atom is 0.228 e. The van der Waals surface area contributed by atoms with Crippen LogP contribution in [0, 0.1) is 0 Å². The number of methoxy groups -OCH3 is 1. The van der Waals surface area contributed by atoms with E-state index in [1.54, 1.807) is 7.11 Å². The Morgan fingerprint density at radius 2 is 2.04 bits per heavy atom. The van der Waals surface area contributed by atoms with Crippen molar-refractivity contribution in [1.29, 1.82) is 0 Å². The number of ether oxygens (including phenoxy) is 2. The number of rotatable bonds is 7. The highest BCUT2D eigenvalue weighted by molar-refractivity contribution is 7.22. The molecule has 6 heteroatoms. The van der Waals surface area contributed by atoms with E-state index in [-0.39, 0.29) is 5.91 Å². The number of carbonyl (C=O) groups excluding carboxylic acids is 1. The van der Waals surface area contributed by atoms with E-state index in [1.807, 2.05) is 48.5 Å². The number of nitrogens with one attached hydrogen (secondary N) is 1. The van der Waals surface area contributed by atoms with Gasteiger partial charge >= 0.3 is 0 Å². The second-order valence-corrected chi connectivity index (χ2v) is 6.22. The minimum atomic E-state index is -0.103. The summed E-state index contributed by atoms with van der Waals surface area (Å²) in [5, 5.41) is 3.40. The number of anilines is 1. The smallest absolute Gasteiger partial charge is 0.228 e. The molecule has 1 aromatic heterocycles. The van der Waals surface area contributed by atoms with E-state index < -0.39 is 0 Å². The second kappa shape index (κ2) is 7.90. The Balaban J connectivity index is 1.48. The van der Waals surface area contributed by atoms with Crippen LogP contribution in [0.2, 0.25) is 0 Å². The van der Waals surface area contributed by atoms with Gasteiger partial charge in [-0.1, -0.05) is 41.7 Å². The largest absolute Gasteiger partial charge is 0.497 e. The van der Waals surface area contributed by atoms with Crippen LogP contribution in [0.4, 0.5) is 5.13 Å². The molecule has 0 unspecified atom stereocenters. The summed E-state index contributed by atoms with van der Waals surface area (Å²) in [5.74, 6) is 0.674. The standard InChI is InChI=1S/C18H18N2O3S/c1-22-14-7-8-15-16(11-14)24-18(19-15)20-17(21)9-10-23-12-13-5-3-2-4-6-13/h2-8,11H,9-10,12H2,1H3,(H,19,20,21). The zero-order valence-corrected chi connectivity index (χ0v) is 14.1. The Morgan fingerprint density at radius 1 is 1.21 bits per heavy atom. The average molecular weight is 342 g/mol. The summed E-state index contributed by atoms with van der Waals surface area (Å²) in [7, 11) is 1.63. The number of hydrogen-bond donors (Lipinski definition) is 1. The summed E-state index contributed by atoms with van der Waals surface area (Å²) in [6.07, 6.45) is 0.298. The first kappa shape index (κ1) is 16.4. The molecule has 0 radical (unpaired) electrons. The SMILES string of the molecule is COc1ccc2nc(NC(=O)CCOCc3ccccc3)sc2c1. The fourth-order valence-electron chi connectivity index (χ4n) is 2.20. The molecule has 1 N–H and O–H groups in total. The number of amides is 1. The Morgan fingerprint density at radius 3 is 2.83 bits per heavy atom. The van der Waals surface area contributed by atoms with Gasteiger partial charge < -0.3 is 14.8 Å². The van der Waals surface area contributed by atoms with Crippen LogP contribution in [-0.4, -0.2) is 24.6 Å². The third-order valence-electron chi connectivity index (χ3n) is 3.43. The lowest BCUT2D eigenvalue weighted by atomic mass is 10.2. The number of carbonyl (C=O) groups is 1. The highest BCUT2D eigenvalue weighted by Gasteiger charge is 2.08. The van der Waals surface area contributed by atoms with Gasteiger partial charge in [0, 0.05) is 0 Å². The van der Waals surface area contributed by atoms with Crippen LogP contribution < -0.4 is 10.1 Å². The molecule has 3 rings (SSSR count). The van der Waals surface area contributed by atoms with Gasteiger partial charge in [-0.05, 0) is 23.8 Å². The normalized spacial score (nSPS) is 10.7. The van der Waals surface area contributed by atoms with Gasteiger partial charge in [-0.15, -0.1) is 0 Å². The minimum Gasteiger partial charge on any atom is -0.497 e. The van der Waals surface area contributed by atoms with E-state index in [0.717, 1.165) is 21.5 Å². The van der Waals surface area contributed by atoms with Crippen LogP contribution >= 0.6 is 11.3 Å². The first-order valence-corrected chi connectivity index (χ1v) is 8.42. The summed E-state index contributed by atoms with van der Waals surface area (Å²) in [6.45, 7) is 0.883. The predicted molar refractivity (Wildman–Crippen MR) is 95.5 cm³/mol. The Bertz CT molecular complexity index is 818. The van der Waals surface area contributed by atoms with Crippen molar-refractivity contribution in [2.45, 2.75) is 13.0 Å². The Kier molecular flexibility index (Phi) is 5.40. The number of fused-ring (bicyclic) bond motifs is 1. The molecule has 1 amide bonds. The van der Waals surface area contributed by atoms with Gasteiger partial charge in [0.1, 0.15) is 5.75 Å². The van der Waals surface area contributed by atoms with Crippen LogP contribution in [0.15, 0.2) is 48.5 Å². The monoisotopic (exact) mass is 342 g/mol. The van der Waals surface area contributed by atoms with Gasteiger partial charge in [-0.3, -0.25) is 4.79 Å². The molecule has 0 spiro atoms. The van der Waals surface area contributed by atoms with Crippen LogP contribution in [0.5, 0.6) is 5.75 Å². The molecule has 0 aliphatic heterocycles. The number of hydrogen-bond acceptors (Lipinski definition) is 5. The van der Waals surface area contributed by atoms with Crippen molar-refractivity contribution in [2.75, 3.05) is 19.0 Å². The summed E-state index contributed by atoms with van der Waals surface area (Å²) in [5.41, 5.74) is 1.94. The predicted octanol–water partition coefficient (Wildman–Crippen LogP) is 3.85. The van der Waals surface area contributed by atoms with E-state index >= 15 is 0 Å². The Labute approximate surface area is 144 Å². The van der Waals surface area contributed by atoms with Crippen LogP contribution in [0.25, 0.3) is 10.2 Å². The van der Waals surface area contributed by atoms with Crippen molar-refractivity contribution < 1.29 is 14.3 Å². The summed E-state index contributed by atoms with van der Waals surface area (Å²) in [4.78, 5) is 16.4. The highest BCUT2D eigenvalue weighted by atomic mass is 32.1. The average Bonchev–Trinajstić information content (AvgIpc) is 3.00. The number of thiazole rings is 1. The first-order chi connectivity index (χ1) is 11.7. The molecule has 0 aliphatic carbocycles. The minimum absolute atomic E-state index is 0.103. The molecule has 0 atom stereocenters. The van der Waals surface area contributed by atoms with Crippen molar-refractivity contribution >= 4 is 32.6 Å². The maximum absolute atomic E-state index is 12.0. The molecular weight excluding hydrogens is 324 g/mol. The van der Waals surface area contributed by atoms with E-state index in [2.05, 4.69) is 10.3 Å². The molecule has 124 valence electrons. The highest BCUT2D eigenvalue weighted by Crippen LogP contribution is 2.29. The number of benzene rings is 2. The van der Waals surface area contributed by atoms with Gasteiger partial charge in [0.2, 0.25) is 5.91 Å². The van der Waals surface area contributed by atoms with E-state index in [4.69, 9.17) is 9.47 Å². The molecule has 0 bridgehead atoms. The molecule has 5 nitrogen and oxygen atoms in total. The molecule has 0 saturated heterocycles. The number of nitrogens with zero attached hydrogens (tertiary/aromatic N) is 1. The molecule has 24 heavy (non-hydrogen) atoms. The summed E-state index contributed by atoms with van der Waals surface area (Å²) < 4.78 is 11.7. The van der Waals surface area contributed by atoms with Crippen LogP contribution in [0.1, 0.15) is 12.0 Å². The lowest BCUT2D eigenvalue weighted by molar-refractivity contribution is -0.117. The molecule has 2 aromatic carbocycles. The second-order valence-electron chi connectivity index (χ2n) is 5.19. The zero-order valence-electron chi connectivity index (χ0n) is 13.3. The van der Waals surface area contributed by atoms with E-state index in [0.29, 0.717) is 24.8 Å². The third-order valence-corrected chi connectivity index (χ3v) is 4.36. The van der Waals surface area contributed by atoms with Crippen molar-refractivity contribution in [3.05, 3.63) is 54.1 Å². The fourth-order valence-corrected chi connectivity index (χ4v) is 3.11. The molecular formula is C18H18N2O3S. The molecule has 0 saturated carbocycles. The van der Waals surface area contributed by atoms with Gasteiger partial charge in [-0.25, -0.2) is 4.98 Å². The van der Waals surface area contributed by atoms with Gasteiger partial charge in [0.05, 0.1) is 37.0 Å². The lowest BCUT2D eigenvalue weighted by Crippen LogP contribution is -2.13. The topological polar surface area (TPSA) is 60.5 Å². The summed E-state index contributed by atoms with van der Waals surface area (Å²) in [6, 6.07) is 15.5. The van der Waals surface area contributed by atoms with E-state index in [9.17, 15) is 4.79 Å². The molecule has 3 aromatic rings. The lowest BCUT2D eigenvalue weighted by Gasteiger charge is -2.04. The summed E-state index contributed by atoms with van der Waals surface area (Å²) >= 11 is 1.43. The Hall–Kier alpha value is -2.44. The zero-order chi connectivity index (χ0) is 16.8. The van der Waals surface area contributed by atoms with Crippen molar-refractivity contribution in [3.8, 4) is 5.75 Å². The molecule has 0 fully saturated rings. The van der Waals surface area contributed by atoms with Crippen molar-refractivity contribution in [3.63, 3.8) is 0 Å². The quantitative estimate of drug-likeness (QED) is 0.663. The van der Waals surface area contributed by atoms with Crippen molar-refractivity contribution in [2.24, 2.45) is 0 Å². The first-order valence-electron chi connectivity index (χ1n) is 7.61.